The number of benzene rings is 1. The number of carbonyl (C=O) groups is 1. The molecule has 0 radical (unpaired) electrons. The van der Waals surface area contributed by atoms with Crippen LogP contribution in [0, 0.1) is 0 Å². The van der Waals surface area contributed by atoms with Crippen LogP contribution in [-0.2, 0) is 9.53 Å². The predicted octanol–water partition coefficient (Wildman–Crippen LogP) is 2.95. The highest BCUT2D eigenvalue weighted by Gasteiger charge is 2.19. The Kier molecular flexibility index (Phi) is 4.82. The van der Waals surface area contributed by atoms with E-state index in [1.54, 1.807) is 18.0 Å². The summed E-state index contributed by atoms with van der Waals surface area (Å²) in [6.45, 7) is 0.828. The van der Waals surface area contributed by atoms with Gasteiger partial charge in [0, 0.05) is 24.5 Å². The molecular formula is C14H19BrN2O2. The number of hydrogen-bond donors (Lipinski definition) is 1. The molecule has 2 N–H and O–H groups in total. The summed E-state index contributed by atoms with van der Waals surface area (Å²) >= 11 is 3.36. The van der Waals surface area contributed by atoms with E-state index in [1.807, 2.05) is 12.1 Å². The van der Waals surface area contributed by atoms with Gasteiger partial charge in [-0.05, 0) is 37.5 Å². The average molecular weight is 327 g/mol. The molecule has 4 nitrogen and oxygen atoms in total. The molecule has 19 heavy (non-hydrogen) atoms. The molecule has 1 fully saturated rings. The van der Waals surface area contributed by atoms with Crippen LogP contribution in [0.1, 0.15) is 25.7 Å². The summed E-state index contributed by atoms with van der Waals surface area (Å²) in [6.07, 6.45) is 3.71. The first-order chi connectivity index (χ1) is 9.08. The average Bonchev–Trinajstić information content (AvgIpc) is 2.88. The molecule has 1 aliphatic heterocycles. The number of nitrogen functional groups attached to an aromatic ring is 1. The lowest BCUT2D eigenvalue weighted by Crippen LogP contribution is -2.27. The Labute approximate surface area is 122 Å². The van der Waals surface area contributed by atoms with E-state index in [4.69, 9.17) is 10.5 Å². The summed E-state index contributed by atoms with van der Waals surface area (Å²) in [7, 11) is 1.76. The Morgan fingerprint density at radius 1 is 1.58 bits per heavy atom. The van der Waals surface area contributed by atoms with Gasteiger partial charge >= 0.3 is 0 Å². The normalized spacial score (nSPS) is 18.5. The predicted molar refractivity (Wildman–Crippen MR) is 80.2 cm³/mol. The summed E-state index contributed by atoms with van der Waals surface area (Å²) in [5, 5.41) is 0. The summed E-state index contributed by atoms with van der Waals surface area (Å²) in [5.74, 6) is 0.0736. The fourth-order valence-electron chi connectivity index (χ4n) is 2.29. The van der Waals surface area contributed by atoms with Crippen molar-refractivity contribution in [1.82, 2.24) is 0 Å². The fraction of sp³-hybridized carbons (Fsp3) is 0.500. The van der Waals surface area contributed by atoms with Gasteiger partial charge in [0.15, 0.2) is 0 Å². The summed E-state index contributed by atoms with van der Waals surface area (Å²) in [5.41, 5.74) is 7.28. The van der Waals surface area contributed by atoms with E-state index < -0.39 is 0 Å². The molecule has 1 aliphatic rings. The van der Waals surface area contributed by atoms with Gasteiger partial charge in [-0.3, -0.25) is 4.79 Å². The number of halogens is 1. The van der Waals surface area contributed by atoms with Crippen LogP contribution in [0.3, 0.4) is 0 Å². The second kappa shape index (κ2) is 6.39. The molecule has 1 atom stereocenters. The zero-order valence-electron chi connectivity index (χ0n) is 11.1. The van der Waals surface area contributed by atoms with Crippen LogP contribution in [0.4, 0.5) is 11.4 Å². The fourth-order valence-corrected chi connectivity index (χ4v) is 2.67. The van der Waals surface area contributed by atoms with Gasteiger partial charge < -0.3 is 15.4 Å². The molecular weight excluding hydrogens is 308 g/mol. The Morgan fingerprint density at radius 2 is 2.37 bits per heavy atom. The molecule has 2 rings (SSSR count). The quantitative estimate of drug-likeness (QED) is 0.865. The van der Waals surface area contributed by atoms with E-state index in [2.05, 4.69) is 15.9 Å². The number of hydrogen-bond acceptors (Lipinski definition) is 3. The van der Waals surface area contributed by atoms with Crippen molar-refractivity contribution in [2.24, 2.45) is 0 Å². The number of carbonyl (C=O) groups excluding carboxylic acids is 1. The van der Waals surface area contributed by atoms with Crippen molar-refractivity contribution < 1.29 is 9.53 Å². The first kappa shape index (κ1) is 14.3. The lowest BCUT2D eigenvalue weighted by molar-refractivity contribution is -0.118. The van der Waals surface area contributed by atoms with Crippen LogP contribution < -0.4 is 10.6 Å². The number of ether oxygens (including phenoxy) is 1. The highest BCUT2D eigenvalue weighted by Crippen LogP contribution is 2.27. The van der Waals surface area contributed by atoms with Gasteiger partial charge in [-0.15, -0.1) is 0 Å². The van der Waals surface area contributed by atoms with Crippen LogP contribution in [-0.4, -0.2) is 25.7 Å². The minimum Gasteiger partial charge on any atom is -0.397 e. The van der Waals surface area contributed by atoms with Gasteiger partial charge in [0.1, 0.15) is 0 Å². The first-order valence-electron chi connectivity index (χ1n) is 6.51. The summed E-state index contributed by atoms with van der Waals surface area (Å²) in [4.78, 5) is 13.8. The lowest BCUT2D eigenvalue weighted by Gasteiger charge is -2.20. The SMILES string of the molecule is CN(C(=O)CCC1CCCO1)c1ccc(Br)cc1N. The largest absolute Gasteiger partial charge is 0.397 e. The monoisotopic (exact) mass is 326 g/mol. The maximum Gasteiger partial charge on any atom is 0.226 e. The van der Waals surface area contributed by atoms with Crippen molar-refractivity contribution in [2.45, 2.75) is 31.8 Å². The molecule has 0 saturated carbocycles. The maximum atomic E-state index is 12.1. The minimum absolute atomic E-state index is 0.0736. The number of anilines is 2. The molecule has 104 valence electrons. The molecule has 1 unspecified atom stereocenters. The van der Waals surface area contributed by atoms with Crippen molar-refractivity contribution in [2.75, 3.05) is 24.3 Å². The topological polar surface area (TPSA) is 55.6 Å². The van der Waals surface area contributed by atoms with Crippen molar-refractivity contribution >= 4 is 33.2 Å². The van der Waals surface area contributed by atoms with Gasteiger partial charge in [-0.25, -0.2) is 0 Å². The Morgan fingerprint density at radius 3 is 3.00 bits per heavy atom. The van der Waals surface area contributed by atoms with Gasteiger partial charge in [-0.2, -0.15) is 0 Å². The molecule has 5 heteroatoms. The molecule has 0 spiro atoms. The number of rotatable bonds is 4. The van der Waals surface area contributed by atoms with Crippen LogP contribution in [0.25, 0.3) is 0 Å². The van der Waals surface area contributed by atoms with Gasteiger partial charge in [-0.1, -0.05) is 15.9 Å². The van der Waals surface area contributed by atoms with Crippen molar-refractivity contribution in [3.05, 3.63) is 22.7 Å². The first-order valence-corrected chi connectivity index (χ1v) is 7.30. The minimum atomic E-state index is 0.0736. The standard InChI is InChI=1S/C14H19BrN2O2/c1-17(13-6-4-10(15)9-12(13)16)14(18)7-5-11-3-2-8-19-11/h4,6,9,11H,2-3,5,7-8,16H2,1H3. The molecule has 0 aliphatic carbocycles. The number of amides is 1. The Balaban J connectivity index is 1.94. The highest BCUT2D eigenvalue weighted by atomic mass is 79.9. The molecule has 1 amide bonds. The molecule has 1 aromatic rings. The lowest BCUT2D eigenvalue weighted by atomic mass is 10.1. The summed E-state index contributed by atoms with van der Waals surface area (Å²) < 4.78 is 6.44. The van der Waals surface area contributed by atoms with E-state index in [-0.39, 0.29) is 12.0 Å². The van der Waals surface area contributed by atoms with Crippen LogP contribution in [0.2, 0.25) is 0 Å². The summed E-state index contributed by atoms with van der Waals surface area (Å²) in [6, 6.07) is 5.54. The van der Waals surface area contributed by atoms with Crippen LogP contribution in [0.15, 0.2) is 22.7 Å². The molecule has 1 saturated heterocycles. The smallest absolute Gasteiger partial charge is 0.226 e. The molecule has 1 aromatic carbocycles. The third kappa shape index (κ3) is 3.70. The van der Waals surface area contributed by atoms with E-state index in [0.29, 0.717) is 12.1 Å². The van der Waals surface area contributed by atoms with Gasteiger partial charge in [0.2, 0.25) is 5.91 Å². The molecule has 0 bridgehead atoms. The third-order valence-corrected chi connectivity index (χ3v) is 3.92. The van der Waals surface area contributed by atoms with E-state index in [9.17, 15) is 4.79 Å². The highest BCUT2D eigenvalue weighted by molar-refractivity contribution is 9.10. The molecule has 0 aromatic heterocycles. The second-order valence-electron chi connectivity index (χ2n) is 4.83. The number of nitrogens with two attached hydrogens (primary N) is 1. The Bertz CT molecular complexity index is 459. The van der Waals surface area contributed by atoms with Gasteiger partial charge in [0.05, 0.1) is 17.5 Å². The third-order valence-electron chi connectivity index (χ3n) is 3.43. The zero-order chi connectivity index (χ0) is 13.8. The van der Waals surface area contributed by atoms with Crippen molar-refractivity contribution in [3.8, 4) is 0 Å². The van der Waals surface area contributed by atoms with Crippen LogP contribution >= 0.6 is 15.9 Å². The van der Waals surface area contributed by atoms with E-state index in [0.717, 1.165) is 36.0 Å². The Hall–Kier alpha value is -1.07. The van der Waals surface area contributed by atoms with Crippen molar-refractivity contribution in [3.63, 3.8) is 0 Å². The second-order valence-corrected chi connectivity index (χ2v) is 5.75. The maximum absolute atomic E-state index is 12.1. The van der Waals surface area contributed by atoms with E-state index >= 15 is 0 Å². The van der Waals surface area contributed by atoms with E-state index in [1.165, 1.54) is 0 Å². The van der Waals surface area contributed by atoms with Crippen LogP contribution in [0.5, 0.6) is 0 Å². The molecule has 1 heterocycles. The van der Waals surface area contributed by atoms with Gasteiger partial charge in [0.25, 0.3) is 0 Å². The number of nitrogens with zero attached hydrogens (tertiary/aromatic N) is 1. The zero-order valence-corrected chi connectivity index (χ0v) is 12.6. The van der Waals surface area contributed by atoms with Crippen molar-refractivity contribution in [1.29, 1.82) is 0 Å².